The van der Waals surface area contributed by atoms with Gasteiger partial charge in [-0.25, -0.2) is 9.67 Å². The average molecular weight is 427 g/mol. The number of rotatable bonds is 4. The number of anilines is 1. The second-order valence-electron chi connectivity index (χ2n) is 7.87. The number of hydrogen-bond donors (Lipinski definition) is 0. The maximum atomic E-state index is 13.5. The molecule has 1 amide bonds. The summed E-state index contributed by atoms with van der Waals surface area (Å²) >= 11 is 0. The molecule has 7 heteroatoms. The van der Waals surface area contributed by atoms with Gasteiger partial charge in [-0.3, -0.25) is 14.5 Å². The zero-order valence-electron chi connectivity index (χ0n) is 17.6. The van der Waals surface area contributed by atoms with Crippen molar-refractivity contribution in [1.82, 2.24) is 14.7 Å². The zero-order valence-corrected chi connectivity index (χ0v) is 17.6. The normalized spacial score (nSPS) is 14.0. The van der Waals surface area contributed by atoms with Crippen LogP contribution in [-0.4, -0.2) is 46.8 Å². The number of hydrogen-bond acceptors (Lipinski definition) is 4. The number of nitrogens with one attached hydrogen (secondary N) is 1. The molecule has 1 aliphatic rings. The summed E-state index contributed by atoms with van der Waals surface area (Å²) in [6, 6.07) is 22.9. The molecule has 1 saturated heterocycles. The molecule has 5 rings (SSSR count). The second kappa shape index (κ2) is 8.63. The Hall–Kier alpha value is -4.00. The Bertz CT molecular complexity index is 1300. The van der Waals surface area contributed by atoms with Gasteiger partial charge in [-0.2, -0.15) is 5.10 Å². The van der Waals surface area contributed by atoms with Crippen LogP contribution in [0.3, 0.4) is 0 Å². The van der Waals surface area contributed by atoms with Crippen LogP contribution < -0.4 is 15.4 Å². The van der Waals surface area contributed by atoms with Crippen LogP contribution in [0.1, 0.15) is 16.1 Å². The van der Waals surface area contributed by atoms with E-state index in [4.69, 9.17) is 0 Å². The maximum absolute atomic E-state index is 13.5. The summed E-state index contributed by atoms with van der Waals surface area (Å²) in [7, 11) is 0. The zero-order chi connectivity index (χ0) is 21.9. The van der Waals surface area contributed by atoms with Crippen LogP contribution in [0.5, 0.6) is 0 Å². The molecule has 7 nitrogen and oxygen atoms in total. The van der Waals surface area contributed by atoms with Crippen molar-refractivity contribution in [3.05, 3.63) is 101 Å². The van der Waals surface area contributed by atoms with E-state index in [-0.39, 0.29) is 11.5 Å². The first kappa shape index (κ1) is 19.9. The number of pyridine rings is 1. The smallest absolute Gasteiger partial charge is 0.275 e. The van der Waals surface area contributed by atoms with Crippen molar-refractivity contribution in [2.75, 3.05) is 31.1 Å². The molecule has 0 spiro atoms. The predicted molar refractivity (Wildman–Crippen MR) is 123 cm³/mol. The first-order valence-electron chi connectivity index (χ1n) is 10.8. The third kappa shape index (κ3) is 3.85. The number of amides is 1. The van der Waals surface area contributed by atoms with Crippen molar-refractivity contribution in [3.63, 3.8) is 0 Å². The molecule has 2 aromatic heterocycles. The van der Waals surface area contributed by atoms with Crippen LogP contribution in [0.2, 0.25) is 0 Å². The first-order valence-corrected chi connectivity index (χ1v) is 10.8. The minimum Gasteiger partial charge on any atom is -0.329 e. The lowest BCUT2D eigenvalue weighted by Crippen LogP contribution is -2.50. The number of aromatic amines is 1. The fourth-order valence-electron chi connectivity index (χ4n) is 4.14. The summed E-state index contributed by atoms with van der Waals surface area (Å²) in [5, 5.41) is 5.66. The molecule has 0 bridgehead atoms. The molecule has 0 aliphatic carbocycles. The molecule has 3 heterocycles. The molecule has 1 aliphatic heterocycles. The van der Waals surface area contributed by atoms with Crippen molar-refractivity contribution in [3.8, 4) is 0 Å². The van der Waals surface area contributed by atoms with E-state index >= 15 is 0 Å². The van der Waals surface area contributed by atoms with Gasteiger partial charge in [0.25, 0.3) is 17.3 Å². The molecule has 160 valence electrons. The van der Waals surface area contributed by atoms with E-state index < -0.39 is 0 Å². The highest BCUT2D eigenvalue weighted by Gasteiger charge is 2.29. The van der Waals surface area contributed by atoms with Crippen LogP contribution >= 0.6 is 0 Å². The highest BCUT2D eigenvalue weighted by atomic mass is 16.2. The quantitative estimate of drug-likeness (QED) is 0.502. The molecule has 32 heavy (non-hydrogen) atoms. The van der Waals surface area contributed by atoms with E-state index in [0.717, 1.165) is 24.5 Å². The van der Waals surface area contributed by atoms with Gasteiger partial charge in [0.15, 0.2) is 5.69 Å². The summed E-state index contributed by atoms with van der Waals surface area (Å²) in [5.74, 6) is 0.902. The number of benzene rings is 2. The van der Waals surface area contributed by atoms with Gasteiger partial charge in [0.05, 0.1) is 31.2 Å². The van der Waals surface area contributed by atoms with Crippen LogP contribution in [0, 0.1) is 0 Å². The molecule has 0 radical (unpaired) electrons. The standard InChI is InChI=1S/C25H23N5O2/c31-24-21-11-5-4-10-20(21)23(27-30(24)18-19-8-2-1-3-9-19)25(32)29-16-14-28(15-17-29)22-12-6-7-13-26-22/h1-13H,14-18H2/p+1. The number of piperazine rings is 1. The van der Waals surface area contributed by atoms with E-state index in [1.807, 2.05) is 71.8 Å². The summed E-state index contributed by atoms with van der Waals surface area (Å²) in [5.41, 5.74) is 1.10. The third-order valence-corrected chi connectivity index (χ3v) is 5.85. The summed E-state index contributed by atoms with van der Waals surface area (Å²) in [4.78, 5) is 33.8. The molecule has 0 saturated carbocycles. The highest BCUT2D eigenvalue weighted by Crippen LogP contribution is 2.18. The molecular formula is C25H24N5O2+. The molecule has 1 N–H and O–H groups in total. The van der Waals surface area contributed by atoms with E-state index in [9.17, 15) is 9.59 Å². The van der Waals surface area contributed by atoms with Gasteiger partial charge in [-0.05, 0) is 17.7 Å². The number of aromatic nitrogens is 3. The Labute approximate surface area is 185 Å². The Morgan fingerprint density at radius 2 is 1.53 bits per heavy atom. The largest absolute Gasteiger partial charge is 0.329 e. The van der Waals surface area contributed by atoms with E-state index in [1.54, 1.807) is 12.1 Å². The third-order valence-electron chi connectivity index (χ3n) is 5.85. The van der Waals surface area contributed by atoms with Gasteiger partial charge in [0.1, 0.15) is 13.1 Å². The van der Waals surface area contributed by atoms with Crippen molar-refractivity contribution < 1.29 is 9.78 Å². The van der Waals surface area contributed by atoms with Gasteiger partial charge < -0.3 is 4.90 Å². The minimum atomic E-state index is -0.189. The molecule has 4 aromatic rings. The Morgan fingerprint density at radius 3 is 2.25 bits per heavy atom. The van der Waals surface area contributed by atoms with Crippen molar-refractivity contribution in [2.45, 2.75) is 6.54 Å². The van der Waals surface area contributed by atoms with Gasteiger partial charge in [-0.1, -0.05) is 54.6 Å². The minimum absolute atomic E-state index is 0.139. The van der Waals surface area contributed by atoms with Crippen LogP contribution in [0.15, 0.2) is 83.8 Å². The van der Waals surface area contributed by atoms with Crippen LogP contribution in [-0.2, 0) is 6.54 Å². The number of H-pyrrole nitrogens is 1. The van der Waals surface area contributed by atoms with Crippen molar-refractivity contribution >= 4 is 22.5 Å². The van der Waals surface area contributed by atoms with E-state index in [0.29, 0.717) is 36.1 Å². The Morgan fingerprint density at radius 1 is 0.844 bits per heavy atom. The lowest BCUT2D eigenvalue weighted by Gasteiger charge is -2.31. The second-order valence-corrected chi connectivity index (χ2v) is 7.87. The van der Waals surface area contributed by atoms with Crippen LogP contribution in [0.4, 0.5) is 5.82 Å². The summed E-state index contributed by atoms with van der Waals surface area (Å²) in [6.07, 6.45) is 1.90. The first-order chi connectivity index (χ1) is 15.7. The maximum Gasteiger partial charge on any atom is 0.275 e. The number of carbonyl (C=O) groups is 1. The fourth-order valence-corrected chi connectivity index (χ4v) is 4.14. The van der Waals surface area contributed by atoms with E-state index in [2.05, 4.69) is 15.0 Å². The van der Waals surface area contributed by atoms with Crippen molar-refractivity contribution in [1.29, 1.82) is 0 Å². The molecular weight excluding hydrogens is 402 g/mol. The SMILES string of the molecule is O=C(c1nn(Cc2ccccc2)c(=O)c2ccccc12)N1CCN(c2cccc[nH+]2)CC1. The molecule has 1 fully saturated rings. The fraction of sp³-hybridized carbons (Fsp3) is 0.200. The lowest BCUT2D eigenvalue weighted by molar-refractivity contribution is -0.364. The topological polar surface area (TPSA) is 72.6 Å². The monoisotopic (exact) mass is 426 g/mol. The van der Waals surface area contributed by atoms with Crippen molar-refractivity contribution in [2.24, 2.45) is 0 Å². The predicted octanol–water partition coefficient (Wildman–Crippen LogP) is 2.22. The number of nitrogens with zero attached hydrogens (tertiary/aromatic N) is 4. The number of carbonyl (C=O) groups excluding carboxylic acids is 1. The highest BCUT2D eigenvalue weighted by molar-refractivity contribution is 6.04. The molecule has 2 aromatic carbocycles. The lowest BCUT2D eigenvalue weighted by atomic mass is 10.1. The van der Waals surface area contributed by atoms with Gasteiger partial charge in [0.2, 0.25) is 0 Å². The number of fused-ring (bicyclic) bond motifs is 1. The Balaban J connectivity index is 1.45. The summed E-state index contributed by atoms with van der Waals surface area (Å²) in [6.45, 7) is 2.97. The van der Waals surface area contributed by atoms with Gasteiger partial charge in [0, 0.05) is 11.5 Å². The molecule has 0 atom stereocenters. The van der Waals surface area contributed by atoms with Gasteiger partial charge in [-0.15, -0.1) is 0 Å². The molecule has 0 unspecified atom stereocenters. The summed E-state index contributed by atoms with van der Waals surface area (Å²) < 4.78 is 1.40. The average Bonchev–Trinajstić information content (AvgIpc) is 2.87. The van der Waals surface area contributed by atoms with E-state index in [1.165, 1.54) is 4.68 Å². The van der Waals surface area contributed by atoms with Gasteiger partial charge >= 0.3 is 0 Å². The van der Waals surface area contributed by atoms with Crippen LogP contribution in [0.25, 0.3) is 10.8 Å². The Kier molecular flexibility index (Phi) is 5.37.